The van der Waals surface area contributed by atoms with Crippen molar-refractivity contribution in [3.05, 3.63) is 47.3 Å². The monoisotopic (exact) mass is 325 g/mol. The normalized spacial score (nSPS) is 12.0. The Morgan fingerprint density at radius 2 is 1.83 bits per heavy atom. The predicted octanol–water partition coefficient (Wildman–Crippen LogP) is 2.92. The maximum absolute atomic E-state index is 13.8. The second-order valence-corrected chi connectivity index (χ2v) is 4.94. The summed E-state index contributed by atoms with van der Waals surface area (Å²) in [5.41, 5.74) is 5.85. The van der Waals surface area contributed by atoms with Crippen molar-refractivity contribution < 1.29 is 17.6 Å². The first-order valence-corrected chi connectivity index (χ1v) is 6.58. The van der Waals surface area contributed by atoms with Crippen molar-refractivity contribution in [2.45, 2.75) is 19.6 Å². The molecule has 9 heteroatoms. The average molecular weight is 325 g/mol. The molecule has 5 nitrogen and oxygen atoms in total. The highest BCUT2D eigenvalue weighted by atomic mass is 19.4. The van der Waals surface area contributed by atoms with Crippen LogP contribution in [0.3, 0.4) is 0 Å². The van der Waals surface area contributed by atoms with Gasteiger partial charge in [-0.1, -0.05) is 18.2 Å². The van der Waals surface area contributed by atoms with E-state index >= 15 is 0 Å². The minimum atomic E-state index is -4.73. The summed E-state index contributed by atoms with van der Waals surface area (Å²) in [5, 5.41) is 0. The molecular weight excluding hydrogens is 314 g/mol. The molecule has 0 aliphatic rings. The van der Waals surface area contributed by atoms with Crippen molar-refractivity contribution in [2.24, 2.45) is 0 Å². The van der Waals surface area contributed by atoms with E-state index in [0.717, 1.165) is 0 Å². The van der Waals surface area contributed by atoms with Crippen LogP contribution in [-0.2, 0) is 12.7 Å². The number of nitrogens with two attached hydrogens (primary N) is 1. The van der Waals surface area contributed by atoms with E-state index in [1.807, 2.05) is 0 Å². The maximum Gasteiger partial charge on any atom is 0.451 e. The lowest BCUT2D eigenvalue weighted by atomic mass is 10.2. The van der Waals surface area contributed by atoms with Gasteiger partial charge in [0.1, 0.15) is 11.6 Å². The van der Waals surface area contributed by atoms with Gasteiger partial charge in [-0.3, -0.25) is 0 Å². The van der Waals surface area contributed by atoms with Crippen molar-refractivity contribution in [1.29, 1.82) is 0 Å². The Morgan fingerprint density at radius 1 is 1.13 bits per heavy atom. The van der Waals surface area contributed by atoms with Crippen LogP contribution in [0, 0.1) is 12.7 Å². The summed E-state index contributed by atoms with van der Waals surface area (Å²) >= 11 is 0. The van der Waals surface area contributed by atoms with Crippen LogP contribution in [0.4, 0.5) is 23.4 Å². The highest BCUT2D eigenvalue weighted by Gasteiger charge is 2.36. The predicted molar refractivity (Wildman–Crippen MR) is 75.0 cm³/mol. The molecule has 120 valence electrons. The van der Waals surface area contributed by atoms with E-state index in [1.165, 1.54) is 22.8 Å². The molecule has 0 unspecified atom stereocenters. The molecule has 0 saturated heterocycles. The summed E-state index contributed by atoms with van der Waals surface area (Å²) in [5.74, 6) is -1.81. The zero-order valence-electron chi connectivity index (χ0n) is 11.9. The SMILES string of the molecule is Cc1nc2c(N)nc(C(F)(F)F)nc2n1Cc1ccccc1F. The van der Waals surface area contributed by atoms with E-state index in [0.29, 0.717) is 11.4 Å². The summed E-state index contributed by atoms with van der Waals surface area (Å²) < 4.78 is 53.7. The quantitative estimate of drug-likeness (QED) is 0.736. The van der Waals surface area contributed by atoms with Gasteiger partial charge in [-0.15, -0.1) is 0 Å². The van der Waals surface area contributed by atoms with E-state index in [1.54, 1.807) is 13.0 Å². The topological polar surface area (TPSA) is 69.6 Å². The van der Waals surface area contributed by atoms with Gasteiger partial charge in [-0.2, -0.15) is 13.2 Å². The molecule has 0 amide bonds. The number of fused-ring (bicyclic) bond motifs is 1. The molecule has 0 saturated carbocycles. The number of hydrogen-bond acceptors (Lipinski definition) is 4. The Morgan fingerprint density at radius 3 is 2.48 bits per heavy atom. The number of halogens is 4. The number of alkyl halides is 3. The fourth-order valence-electron chi connectivity index (χ4n) is 2.24. The number of imidazole rings is 1. The molecule has 0 radical (unpaired) electrons. The van der Waals surface area contributed by atoms with E-state index in [2.05, 4.69) is 15.0 Å². The van der Waals surface area contributed by atoms with Crippen molar-refractivity contribution in [2.75, 3.05) is 5.73 Å². The van der Waals surface area contributed by atoms with Crippen molar-refractivity contribution in [3.8, 4) is 0 Å². The molecule has 0 aliphatic carbocycles. The van der Waals surface area contributed by atoms with Crippen molar-refractivity contribution >= 4 is 17.0 Å². The highest BCUT2D eigenvalue weighted by molar-refractivity contribution is 5.82. The number of rotatable bonds is 2. The number of nitrogens with zero attached hydrogens (tertiary/aromatic N) is 4. The van der Waals surface area contributed by atoms with Gasteiger partial charge in [0, 0.05) is 5.56 Å². The van der Waals surface area contributed by atoms with Crippen LogP contribution in [0.25, 0.3) is 11.2 Å². The van der Waals surface area contributed by atoms with Gasteiger partial charge < -0.3 is 10.3 Å². The fourth-order valence-corrected chi connectivity index (χ4v) is 2.24. The summed E-state index contributed by atoms with van der Waals surface area (Å²) in [6.45, 7) is 1.57. The van der Waals surface area contributed by atoms with Crippen LogP contribution < -0.4 is 5.73 Å². The van der Waals surface area contributed by atoms with E-state index in [-0.39, 0.29) is 23.5 Å². The lowest BCUT2D eigenvalue weighted by Crippen LogP contribution is -2.14. The first-order chi connectivity index (χ1) is 10.8. The van der Waals surface area contributed by atoms with Crippen LogP contribution in [0.5, 0.6) is 0 Å². The number of benzene rings is 1. The van der Waals surface area contributed by atoms with E-state index in [4.69, 9.17) is 5.73 Å². The van der Waals surface area contributed by atoms with Crippen LogP contribution >= 0.6 is 0 Å². The minimum absolute atomic E-state index is 0.0112. The number of nitrogen functional groups attached to an aromatic ring is 1. The molecule has 23 heavy (non-hydrogen) atoms. The fraction of sp³-hybridized carbons (Fsp3) is 0.214. The Balaban J connectivity index is 2.19. The molecule has 0 spiro atoms. The Labute approximate surface area is 127 Å². The summed E-state index contributed by atoms with van der Waals surface area (Å²) in [7, 11) is 0. The lowest BCUT2D eigenvalue weighted by molar-refractivity contribution is -0.144. The van der Waals surface area contributed by atoms with E-state index < -0.39 is 17.8 Å². The Bertz CT molecular complexity index is 885. The minimum Gasteiger partial charge on any atom is -0.382 e. The van der Waals surface area contributed by atoms with Crippen molar-refractivity contribution in [3.63, 3.8) is 0 Å². The lowest BCUT2D eigenvalue weighted by Gasteiger charge is -2.09. The molecular formula is C14H11F4N5. The highest BCUT2D eigenvalue weighted by Crippen LogP contribution is 2.29. The zero-order chi connectivity index (χ0) is 16.8. The standard InChI is InChI=1S/C14H11F4N5/c1-7-20-10-11(19)21-13(14(16,17)18)22-12(10)23(7)6-8-4-2-3-5-9(8)15/h2-5H,6H2,1H3,(H2,19,21,22). The van der Waals surface area contributed by atoms with Crippen LogP contribution in [-0.4, -0.2) is 19.5 Å². The van der Waals surface area contributed by atoms with Gasteiger partial charge in [0.05, 0.1) is 6.54 Å². The van der Waals surface area contributed by atoms with Gasteiger partial charge >= 0.3 is 6.18 Å². The molecule has 2 N–H and O–H groups in total. The molecule has 2 heterocycles. The summed E-state index contributed by atoms with van der Waals surface area (Å²) in [4.78, 5) is 10.8. The smallest absolute Gasteiger partial charge is 0.382 e. The first-order valence-electron chi connectivity index (χ1n) is 6.58. The van der Waals surface area contributed by atoms with E-state index in [9.17, 15) is 17.6 Å². The third-order valence-electron chi connectivity index (χ3n) is 3.35. The third kappa shape index (κ3) is 2.69. The van der Waals surface area contributed by atoms with Crippen LogP contribution in [0.2, 0.25) is 0 Å². The van der Waals surface area contributed by atoms with Crippen LogP contribution in [0.15, 0.2) is 24.3 Å². The van der Waals surface area contributed by atoms with Crippen molar-refractivity contribution in [1.82, 2.24) is 19.5 Å². The van der Waals surface area contributed by atoms with Gasteiger partial charge in [0.2, 0.25) is 5.82 Å². The molecule has 1 aromatic carbocycles. The molecule has 3 rings (SSSR count). The second kappa shape index (κ2) is 5.18. The zero-order valence-corrected chi connectivity index (χ0v) is 11.9. The van der Waals surface area contributed by atoms with Crippen LogP contribution in [0.1, 0.15) is 17.2 Å². The second-order valence-electron chi connectivity index (χ2n) is 4.94. The molecule has 0 atom stereocenters. The van der Waals surface area contributed by atoms with Gasteiger partial charge in [0.15, 0.2) is 17.0 Å². The molecule has 0 fully saturated rings. The molecule has 2 aromatic heterocycles. The van der Waals surface area contributed by atoms with Gasteiger partial charge in [-0.05, 0) is 13.0 Å². The largest absolute Gasteiger partial charge is 0.451 e. The number of hydrogen-bond donors (Lipinski definition) is 1. The molecule has 0 aliphatic heterocycles. The number of anilines is 1. The molecule has 0 bridgehead atoms. The summed E-state index contributed by atoms with van der Waals surface area (Å²) in [6, 6.07) is 5.97. The summed E-state index contributed by atoms with van der Waals surface area (Å²) in [6.07, 6.45) is -4.73. The van der Waals surface area contributed by atoms with Gasteiger partial charge in [-0.25, -0.2) is 19.3 Å². The number of aryl methyl sites for hydroxylation is 1. The molecule has 3 aromatic rings. The number of aromatic nitrogens is 4. The first kappa shape index (κ1) is 15.2. The maximum atomic E-state index is 13.8. The average Bonchev–Trinajstić information content (AvgIpc) is 2.78. The Kier molecular flexibility index (Phi) is 3.42. The third-order valence-corrected chi connectivity index (χ3v) is 3.35. The van der Waals surface area contributed by atoms with Gasteiger partial charge in [0.25, 0.3) is 0 Å². The Hall–Kier alpha value is -2.71.